The van der Waals surface area contributed by atoms with Gasteiger partial charge in [-0.2, -0.15) is 4.31 Å². The maximum Gasteiger partial charge on any atom is 0.326 e. The van der Waals surface area contributed by atoms with E-state index in [1.165, 1.54) is 38.2 Å². The van der Waals surface area contributed by atoms with Crippen LogP contribution in [0.1, 0.15) is 18.1 Å². The second-order valence-electron chi connectivity index (χ2n) is 6.19. The van der Waals surface area contributed by atoms with E-state index in [1.807, 2.05) is 19.9 Å². The van der Waals surface area contributed by atoms with Crippen LogP contribution >= 0.6 is 0 Å². The third-order valence-electron chi connectivity index (χ3n) is 3.94. The first-order valence-corrected chi connectivity index (χ1v) is 9.65. The molecule has 2 rings (SSSR count). The number of hydrogen-bond donors (Lipinski definition) is 1. The van der Waals surface area contributed by atoms with E-state index >= 15 is 0 Å². The van der Waals surface area contributed by atoms with E-state index < -0.39 is 22.5 Å². The summed E-state index contributed by atoms with van der Waals surface area (Å²) in [7, 11) is -2.56. The summed E-state index contributed by atoms with van der Waals surface area (Å²) < 4.78 is 31.3. The molecule has 0 aromatic heterocycles. The molecule has 0 atom stereocenters. The molecule has 0 saturated carbocycles. The summed E-state index contributed by atoms with van der Waals surface area (Å²) in [6.07, 6.45) is 0. The van der Waals surface area contributed by atoms with Crippen molar-refractivity contribution in [3.63, 3.8) is 0 Å². The van der Waals surface area contributed by atoms with Crippen molar-refractivity contribution < 1.29 is 22.7 Å². The number of carbonyl (C=O) groups is 2. The van der Waals surface area contributed by atoms with Gasteiger partial charge in [0.2, 0.25) is 15.9 Å². The highest BCUT2D eigenvalue weighted by Gasteiger charge is 2.24. The zero-order valence-corrected chi connectivity index (χ0v) is 16.5. The molecule has 0 fully saturated rings. The van der Waals surface area contributed by atoms with Gasteiger partial charge in [-0.1, -0.05) is 6.07 Å². The lowest BCUT2D eigenvalue weighted by atomic mass is 10.1. The number of hydrogen-bond acceptors (Lipinski definition) is 5. The first-order chi connectivity index (χ1) is 12.6. The standard InChI is InChI=1S/C19H22N2O5S/c1-13-5-8-17(11-14(13)2)26-19(23)12-21(4)27(24,25)18-9-6-16(7-10-18)20-15(3)22/h5-11H,12H2,1-4H3,(H,20,22). The maximum absolute atomic E-state index is 12.6. The average molecular weight is 390 g/mol. The molecule has 2 aromatic carbocycles. The van der Waals surface area contributed by atoms with Gasteiger partial charge < -0.3 is 10.1 Å². The fourth-order valence-corrected chi connectivity index (χ4v) is 3.42. The van der Waals surface area contributed by atoms with E-state index in [9.17, 15) is 18.0 Å². The molecular weight excluding hydrogens is 368 g/mol. The summed E-state index contributed by atoms with van der Waals surface area (Å²) >= 11 is 0. The number of carbonyl (C=O) groups excluding carboxylic acids is 2. The van der Waals surface area contributed by atoms with Gasteiger partial charge in [0.15, 0.2) is 0 Å². The highest BCUT2D eigenvalue weighted by atomic mass is 32.2. The molecule has 0 radical (unpaired) electrons. The third kappa shape index (κ3) is 5.38. The predicted molar refractivity (Wildman–Crippen MR) is 102 cm³/mol. The Morgan fingerprint density at radius 1 is 1.04 bits per heavy atom. The molecule has 0 heterocycles. The van der Waals surface area contributed by atoms with E-state index in [0.29, 0.717) is 11.4 Å². The van der Waals surface area contributed by atoms with Crippen LogP contribution in [-0.4, -0.2) is 38.2 Å². The second kappa shape index (κ2) is 8.32. The molecule has 0 bridgehead atoms. The van der Waals surface area contributed by atoms with Crippen molar-refractivity contribution in [1.82, 2.24) is 4.31 Å². The normalized spacial score (nSPS) is 11.3. The summed E-state index contributed by atoms with van der Waals surface area (Å²) in [4.78, 5) is 23.1. The molecule has 27 heavy (non-hydrogen) atoms. The number of nitrogens with one attached hydrogen (secondary N) is 1. The Bertz CT molecular complexity index is 953. The largest absolute Gasteiger partial charge is 0.426 e. The van der Waals surface area contributed by atoms with Crippen molar-refractivity contribution in [3.05, 3.63) is 53.6 Å². The first-order valence-electron chi connectivity index (χ1n) is 8.21. The van der Waals surface area contributed by atoms with E-state index in [0.717, 1.165) is 15.4 Å². The van der Waals surface area contributed by atoms with Crippen LogP contribution < -0.4 is 10.1 Å². The fourth-order valence-electron chi connectivity index (χ4n) is 2.30. The Balaban J connectivity index is 2.06. The number of likely N-dealkylation sites (N-methyl/N-ethyl adjacent to an activating group) is 1. The molecule has 8 heteroatoms. The highest BCUT2D eigenvalue weighted by molar-refractivity contribution is 7.89. The number of aryl methyl sites for hydroxylation is 2. The van der Waals surface area contributed by atoms with Crippen LogP contribution in [0.2, 0.25) is 0 Å². The van der Waals surface area contributed by atoms with E-state index in [2.05, 4.69) is 5.32 Å². The van der Waals surface area contributed by atoms with Gasteiger partial charge in [0.05, 0.1) is 4.90 Å². The van der Waals surface area contributed by atoms with E-state index in [1.54, 1.807) is 12.1 Å². The average Bonchev–Trinajstić information content (AvgIpc) is 2.58. The van der Waals surface area contributed by atoms with Crippen LogP contribution in [0.5, 0.6) is 5.75 Å². The van der Waals surface area contributed by atoms with Crippen LogP contribution in [-0.2, 0) is 19.6 Å². The van der Waals surface area contributed by atoms with Gasteiger partial charge in [0.25, 0.3) is 0 Å². The van der Waals surface area contributed by atoms with Crippen LogP contribution in [0, 0.1) is 13.8 Å². The Hall–Kier alpha value is -2.71. The van der Waals surface area contributed by atoms with Gasteiger partial charge in [-0.05, 0) is 61.4 Å². The van der Waals surface area contributed by atoms with Crippen LogP contribution in [0.25, 0.3) is 0 Å². The van der Waals surface area contributed by atoms with E-state index in [-0.39, 0.29) is 10.8 Å². The molecule has 0 aliphatic carbocycles. The Labute approximate surface area is 159 Å². The van der Waals surface area contributed by atoms with Crippen LogP contribution in [0.3, 0.4) is 0 Å². The number of amides is 1. The molecule has 0 unspecified atom stereocenters. The van der Waals surface area contributed by atoms with Crippen molar-refractivity contribution in [2.24, 2.45) is 0 Å². The number of ether oxygens (including phenoxy) is 1. The number of anilines is 1. The number of rotatable bonds is 6. The van der Waals surface area contributed by atoms with E-state index in [4.69, 9.17) is 4.74 Å². The molecule has 2 aromatic rings. The molecule has 0 aliphatic heterocycles. The maximum atomic E-state index is 12.6. The van der Waals surface area contributed by atoms with Gasteiger partial charge in [-0.25, -0.2) is 8.42 Å². The first kappa shape index (κ1) is 20.6. The summed E-state index contributed by atoms with van der Waals surface area (Å²) in [5.41, 5.74) is 2.52. The SMILES string of the molecule is CC(=O)Nc1ccc(S(=O)(=O)N(C)CC(=O)Oc2ccc(C)c(C)c2)cc1. The number of sulfonamides is 1. The smallest absolute Gasteiger partial charge is 0.326 e. The van der Waals surface area contributed by atoms with Gasteiger partial charge in [-0.3, -0.25) is 9.59 Å². The Morgan fingerprint density at radius 2 is 1.67 bits per heavy atom. The molecule has 0 saturated heterocycles. The van der Waals surface area contributed by atoms with Crippen molar-refractivity contribution in [2.45, 2.75) is 25.7 Å². The number of benzene rings is 2. The monoisotopic (exact) mass is 390 g/mol. The van der Waals surface area contributed by atoms with Crippen molar-refractivity contribution in [2.75, 3.05) is 18.9 Å². The lowest BCUT2D eigenvalue weighted by Crippen LogP contribution is -2.34. The summed E-state index contributed by atoms with van der Waals surface area (Å²) in [5.74, 6) is -0.565. The Kier molecular flexibility index (Phi) is 6.35. The zero-order chi connectivity index (χ0) is 20.2. The highest BCUT2D eigenvalue weighted by Crippen LogP contribution is 2.19. The molecule has 144 valence electrons. The number of nitrogens with zero attached hydrogens (tertiary/aromatic N) is 1. The van der Waals surface area contributed by atoms with Crippen LogP contribution in [0.15, 0.2) is 47.4 Å². The van der Waals surface area contributed by atoms with Crippen molar-refractivity contribution in [3.8, 4) is 5.75 Å². The predicted octanol–water partition coefficient (Wildman–Crippen LogP) is 2.49. The summed E-state index contributed by atoms with van der Waals surface area (Å²) in [5, 5.41) is 2.56. The van der Waals surface area contributed by atoms with Gasteiger partial charge in [0, 0.05) is 19.7 Å². The topological polar surface area (TPSA) is 92.8 Å². The van der Waals surface area contributed by atoms with Gasteiger partial charge in [-0.15, -0.1) is 0 Å². The number of esters is 1. The zero-order valence-electron chi connectivity index (χ0n) is 15.6. The van der Waals surface area contributed by atoms with Crippen molar-refractivity contribution >= 4 is 27.6 Å². The minimum atomic E-state index is -3.87. The van der Waals surface area contributed by atoms with Crippen molar-refractivity contribution in [1.29, 1.82) is 0 Å². The quantitative estimate of drug-likeness (QED) is 0.604. The molecule has 7 nitrogen and oxygen atoms in total. The summed E-state index contributed by atoms with van der Waals surface area (Å²) in [6.45, 7) is 4.77. The molecular formula is C19H22N2O5S. The lowest BCUT2D eigenvalue weighted by molar-refractivity contribution is -0.134. The fraction of sp³-hybridized carbons (Fsp3) is 0.263. The lowest BCUT2D eigenvalue weighted by Gasteiger charge is -2.17. The summed E-state index contributed by atoms with van der Waals surface area (Å²) in [6, 6.07) is 10.9. The third-order valence-corrected chi connectivity index (χ3v) is 5.76. The van der Waals surface area contributed by atoms with Gasteiger partial charge >= 0.3 is 5.97 Å². The molecule has 0 spiro atoms. The molecule has 1 amide bonds. The van der Waals surface area contributed by atoms with Gasteiger partial charge in [0.1, 0.15) is 12.3 Å². The van der Waals surface area contributed by atoms with Crippen LogP contribution in [0.4, 0.5) is 5.69 Å². The molecule has 0 aliphatic rings. The molecule has 1 N–H and O–H groups in total. The second-order valence-corrected chi connectivity index (χ2v) is 8.23. The minimum Gasteiger partial charge on any atom is -0.426 e. The minimum absolute atomic E-state index is 0.0121. The Morgan fingerprint density at radius 3 is 2.22 bits per heavy atom.